The summed E-state index contributed by atoms with van der Waals surface area (Å²) in [7, 11) is 3.19. The van der Waals surface area contributed by atoms with Crippen LogP contribution in [0.3, 0.4) is 0 Å². The first kappa shape index (κ1) is 26.2. The van der Waals surface area contributed by atoms with E-state index >= 15 is 0 Å². The second-order valence-corrected chi connectivity index (χ2v) is 9.88. The Morgan fingerprint density at radius 3 is 2.44 bits per heavy atom. The first-order valence-corrected chi connectivity index (χ1v) is 13.4. The molecular formula is C28H29N5O5S. The molecule has 0 atom stereocenters. The van der Waals surface area contributed by atoms with E-state index in [1.807, 2.05) is 41.8 Å². The van der Waals surface area contributed by atoms with Gasteiger partial charge in [0, 0.05) is 31.7 Å². The summed E-state index contributed by atoms with van der Waals surface area (Å²) in [6.07, 6.45) is 1.56. The van der Waals surface area contributed by atoms with Crippen molar-refractivity contribution in [1.82, 2.24) is 20.0 Å². The third-order valence-corrected chi connectivity index (χ3v) is 7.42. The molecule has 4 aromatic rings. The molecule has 0 spiro atoms. The van der Waals surface area contributed by atoms with Crippen LogP contribution >= 0.6 is 11.3 Å². The molecule has 4 heterocycles. The molecule has 1 fully saturated rings. The van der Waals surface area contributed by atoms with Gasteiger partial charge in [-0.3, -0.25) is 9.59 Å². The highest BCUT2D eigenvalue weighted by atomic mass is 32.1. The summed E-state index contributed by atoms with van der Waals surface area (Å²) in [5.74, 6) is 2.38. The first-order chi connectivity index (χ1) is 19.1. The number of hydrogen-bond donors (Lipinski definition) is 0. The predicted molar refractivity (Wildman–Crippen MR) is 147 cm³/mol. The number of benzene rings is 1. The highest BCUT2D eigenvalue weighted by Gasteiger charge is 2.27. The number of nitrogens with zero attached hydrogens (tertiary/aromatic N) is 5. The topological polar surface area (TPSA) is 101 Å². The number of carbonyl (C=O) groups excluding carboxylic acids is 2. The lowest BCUT2D eigenvalue weighted by Crippen LogP contribution is -2.52. The maximum absolute atomic E-state index is 13.2. The fourth-order valence-electron chi connectivity index (χ4n) is 4.44. The van der Waals surface area contributed by atoms with Crippen LogP contribution in [0.15, 0.2) is 70.7 Å². The van der Waals surface area contributed by atoms with Crippen molar-refractivity contribution in [3.8, 4) is 22.8 Å². The summed E-state index contributed by atoms with van der Waals surface area (Å²) in [5.41, 5.74) is 1.60. The fraction of sp³-hybridized carbons (Fsp3) is 0.286. The minimum absolute atomic E-state index is 0.0166. The van der Waals surface area contributed by atoms with Crippen LogP contribution in [0.2, 0.25) is 0 Å². The van der Waals surface area contributed by atoms with E-state index in [0.29, 0.717) is 48.3 Å². The minimum atomic E-state index is -0.182. The molecule has 202 valence electrons. The number of anilines is 1. The van der Waals surface area contributed by atoms with Gasteiger partial charge in [0.15, 0.2) is 17.3 Å². The maximum Gasteiger partial charge on any atom is 0.264 e. The zero-order chi connectivity index (χ0) is 27.2. The largest absolute Gasteiger partial charge is 0.493 e. The van der Waals surface area contributed by atoms with Gasteiger partial charge in [-0.1, -0.05) is 6.07 Å². The van der Waals surface area contributed by atoms with E-state index in [1.54, 1.807) is 43.6 Å². The van der Waals surface area contributed by atoms with Crippen molar-refractivity contribution in [2.75, 3.05) is 51.8 Å². The van der Waals surface area contributed by atoms with Crippen LogP contribution in [0.1, 0.15) is 15.4 Å². The minimum Gasteiger partial charge on any atom is -0.493 e. The zero-order valence-electron chi connectivity index (χ0n) is 21.8. The summed E-state index contributed by atoms with van der Waals surface area (Å²) in [4.78, 5) is 32.3. The standard InChI is InChI=1S/C28H29N5O5S/c1-36-23-9-7-20(17-24(23)37-2)22-8-10-26(30-29-22)31-11-13-32(14-12-31)27(34)19-33(18-21-5-3-15-38-21)28(35)25-6-4-16-39-25/h3-10,15-17H,11-14,18-19H2,1-2H3. The summed E-state index contributed by atoms with van der Waals surface area (Å²) in [5, 5.41) is 10.7. The third-order valence-electron chi connectivity index (χ3n) is 6.56. The Balaban J connectivity index is 1.19. The van der Waals surface area contributed by atoms with Crippen LogP contribution in [0.4, 0.5) is 5.82 Å². The third kappa shape index (κ3) is 6.04. The van der Waals surface area contributed by atoms with Gasteiger partial charge in [-0.05, 0) is 53.9 Å². The van der Waals surface area contributed by atoms with Gasteiger partial charge < -0.3 is 28.6 Å². The molecule has 0 bridgehead atoms. The van der Waals surface area contributed by atoms with Gasteiger partial charge in [-0.25, -0.2) is 0 Å². The molecule has 1 aliphatic heterocycles. The highest BCUT2D eigenvalue weighted by molar-refractivity contribution is 7.12. The second-order valence-electron chi connectivity index (χ2n) is 8.93. The molecular weight excluding hydrogens is 518 g/mol. The Hall–Kier alpha value is -4.38. The number of piperazine rings is 1. The lowest BCUT2D eigenvalue weighted by atomic mass is 10.1. The van der Waals surface area contributed by atoms with Crippen LogP contribution in [-0.2, 0) is 11.3 Å². The zero-order valence-corrected chi connectivity index (χ0v) is 22.6. The Bertz CT molecular complexity index is 1380. The molecule has 0 unspecified atom stereocenters. The number of carbonyl (C=O) groups is 2. The number of hydrogen-bond acceptors (Lipinski definition) is 9. The number of thiophene rings is 1. The molecule has 0 saturated carbocycles. The van der Waals surface area contributed by atoms with E-state index in [-0.39, 0.29) is 24.9 Å². The molecule has 0 aliphatic carbocycles. The Morgan fingerprint density at radius 2 is 1.79 bits per heavy atom. The van der Waals surface area contributed by atoms with Crippen molar-refractivity contribution >= 4 is 29.0 Å². The van der Waals surface area contributed by atoms with Crippen LogP contribution in [0, 0.1) is 0 Å². The molecule has 0 radical (unpaired) electrons. The van der Waals surface area contributed by atoms with E-state index in [9.17, 15) is 9.59 Å². The van der Waals surface area contributed by atoms with Gasteiger partial charge in [0.2, 0.25) is 5.91 Å². The quantitative estimate of drug-likeness (QED) is 0.312. The lowest BCUT2D eigenvalue weighted by molar-refractivity contribution is -0.132. The predicted octanol–water partition coefficient (Wildman–Crippen LogP) is 3.81. The van der Waals surface area contributed by atoms with E-state index in [1.165, 1.54) is 16.2 Å². The Labute approximate surface area is 230 Å². The molecule has 39 heavy (non-hydrogen) atoms. The molecule has 1 aliphatic rings. The van der Waals surface area contributed by atoms with E-state index < -0.39 is 0 Å². The summed E-state index contributed by atoms with van der Waals surface area (Å²) >= 11 is 1.36. The number of amides is 2. The molecule has 1 aromatic carbocycles. The maximum atomic E-state index is 13.2. The number of methoxy groups -OCH3 is 2. The average molecular weight is 548 g/mol. The second kappa shape index (κ2) is 12.0. The smallest absolute Gasteiger partial charge is 0.264 e. The van der Waals surface area contributed by atoms with Gasteiger partial charge in [-0.2, -0.15) is 0 Å². The van der Waals surface area contributed by atoms with E-state index in [4.69, 9.17) is 13.9 Å². The van der Waals surface area contributed by atoms with Gasteiger partial charge >= 0.3 is 0 Å². The molecule has 0 N–H and O–H groups in total. The number of rotatable bonds is 9. The molecule has 11 heteroatoms. The molecule has 10 nitrogen and oxygen atoms in total. The normalized spacial score (nSPS) is 13.3. The Kier molecular flexibility index (Phi) is 8.07. The van der Waals surface area contributed by atoms with Crippen molar-refractivity contribution in [3.63, 3.8) is 0 Å². The SMILES string of the molecule is COc1ccc(-c2ccc(N3CCN(C(=O)CN(Cc4ccco4)C(=O)c4cccs4)CC3)nn2)cc1OC. The molecule has 5 rings (SSSR count). The Morgan fingerprint density at radius 1 is 0.974 bits per heavy atom. The number of furan rings is 1. The summed E-state index contributed by atoms with van der Waals surface area (Å²) in [6.45, 7) is 2.51. The van der Waals surface area contributed by atoms with Crippen LogP contribution < -0.4 is 14.4 Å². The van der Waals surface area contributed by atoms with Crippen molar-refractivity contribution < 1.29 is 23.5 Å². The average Bonchev–Trinajstić information content (AvgIpc) is 3.71. The van der Waals surface area contributed by atoms with Gasteiger partial charge in [0.25, 0.3) is 5.91 Å². The monoisotopic (exact) mass is 547 g/mol. The molecule has 3 aromatic heterocycles. The number of aromatic nitrogens is 2. The van der Waals surface area contributed by atoms with Crippen LogP contribution in [0.5, 0.6) is 11.5 Å². The van der Waals surface area contributed by atoms with Crippen molar-refractivity contribution in [3.05, 3.63) is 76.9 Å². The van der Waals surface area contributed by atoms with Crippen molar-refractivity contribution in [2.45, 2.75) is 6.54 Å². The number of ether oxygens (including phenoxy) is 2. The van der Waals surface area contributed by atoms with Crippen LogP contribution in [-0.4, -0.2) is 78.8 Å². The highest BCUT2D eigenvalue weighted by Crippen LogP contribution is 2.31. The van der Waals surface area contributed by atoms with Gasteiger partial charge in [-0.15, -0.1) is 21.5 Å². The summed E-state index contributed by atoms with van der Waals surface area (Å²) < 4.78 is 16.1. The van der Waals surface area contributed by atoms with Gasteiger partial charge in [0.1, 0.15) is 12.3 Å². The van der Waals surface area contributed by atoms with E-state index in [2.05, 4.69) is 15.1 Å². The lowest BCUT2D eigenvalue weighted by Gasteiger charge is -2.36. The summed E-state index contributed by atoms with van der Waals surface area (Å²) in [6, 6.07) is 16.6. The van der Waals surface area contributed by atoms with Crippen LogP contribution in [0.25, 0.3) is 11.3 Å². The van der Waals surface area contributed by atoms with Gasteiger partial charge in [0.05, 0.1) is 37.6 Å². The van der Waals surface area contributed by atoms with Crippen molar-refractivity contribution in [1.29, 1.82) is 0 Å². The van der Waals surface area contributed by atoms with E-state index in [0.717, 1.165) is 17.1 Å². The first-order valence-electron chi connectivity index (χ1n) is 12.5. The fourth-order valence-corrected chi connectivity index (χ4v) is 5.13. The molecule has 1 saturated heterocycles. The van der Waals surface area contributed by atoms with Crippen molar-refractivity contribution in [2.24, 2.45) is 0 Å². The molecule has 2 amide bonds.